The highest BCUT2D eigenvalue weighted by atomic mass is 127. The summed E-state index contributed by atoms with van der Waals surface area (Å²) in [7, 11) is 0. The highest BCUT2D eigenvalue weighted by Crippen LogP contribution is 2.30. The van der Waals surface area contributed by atoms with Gasteiger partial charge in [-0.2, -0.15) is 5.26 Å². The second kappa shape index (κ2) is 11.0. The van der Waals surface area contributed by atoms with E-state index in [9.17, 15) is 10.1 Å². The molecule has 1 amide bonds. The van der Waals surface area contributed by atoms with E-state index in [1.165, 1.54) is 0 Å². The monoisotopic (exact) mass is 654 g/mol. The fraction of sp³-hybridized carbons (Fsp3) is 0.0833. The summed E-state index contributed by atoms with van der Waals surface area (Å²) in [5.41, 5.74) is 3.54. The van der Waals surface area contributed by atoms with Crippen LogP contribution in [0, 0.1) is 25.4 Å². The molecule has 0 spiro atoms. The third kappa shape index (κ3) is 6.69. The number of nitrogens with one attached hydrogen (secondary N) is 1. The number of nitriles is 1. The largest absolute Gasteiger partial charge is 0.487 e. The third-order valence-electron chi connectivity index (χ3n) is 4.30. The molecule has 0 saturated heterocycles. The molecule has 1 N–H and O–H groups in total. The molecule has 0 radical (unpaired) electrons. The number of amides is 1. The van der Waals surface area contributed by atoms with E-state index in [1.54, 1.807) is 18.2 Å². The van der Waals surface area contributed by atoms with Gasteiger partial charge in [0, 0.05) is 10.7 Å². The molecular formula is C24H17ClI2N2O2. The summed E-state index contributed by atoms with van der Waals surface area (Å²) in [6, 6.07) is 20.7. The molecule has 0 aromatic heterocycles. The number of ether oxygens (including phenoxy) is 1. The average Bonchev–Trinajstić information content (AvgIpc) is 2.74. The number of hydrogen-bond donors (Lipinski definition) is 1. The first-order chi connectivity index (χ1) is 14.9. The van der Waals surface area contributed by atoms with Crippen molar-refractivity contribution in [2.24, 2.45) is 0 Å². The first-order valence-corrected chi connectivity index (χ1v) is 11.8. The van der Waals surface area contributed by atoms with E-state index in [0.717, 1.165) is 29.6 Å². The lowest BCUT2D eigenvalue weighted by Gasteiger charge is -2.12. The summed E-state index contributed by atoms with van der Waals surface area (Å²) in [5, 5.41) is 12.9. The molecule has 3 aromatic carbocycles. The number of aryl methyl sites for hydroxylation is 1. The number of carbonyl (C=O) groups is 1. The average molecular weight is 655 g/mol. The van der Waals surface area contributed by atoms with Crippen molar-refractivity contribution >= 4 is 74.5 Å². The first kappa shape index (κ1) is 23.6. The van der Waals surface area contributed by atoms with Gasteiger partial charge in [0.15, 0.2) is 0 Å². The maximum absolute atomic E-state index is 12.5. The Kier molecular flexibility index (Phi) is 8.35. The van der Waals surface area contributed by atoms with Crippen LogP contribution in [-0.4, -0.2) is 5.91 Å². The van der Waals surface area contributed by atoms with Gasteiger partial charge >= 0.3 is 0 Å². The number of anilines is 1. The van der Waals surface area contributed by atoms with Gasteiger partial charge < -0.3 is 10.1 Å². The molecule has 7 heteroatoms. The molecule has 3 aromatic rings. The van der Waals surface area contributed by atoms with Crippen LogP contribution in [0.3, 0.4) is 0 Å². The molecule has 31 heavy (non-hydrogen) atoms. The minimum Gasteiger partial charge on any atom is -0.487 e. The Labute approximate surface area is 213 Å². The standard InChI is InChI=1S/C24H17ClI2N2O2/c1-15-2-8-20(9-3-15)29-24(30)18(13-28)10-17-11-21(26)23(22(27)12-17)31-14-16-4-6-19(25)7-5-16/h2-12H,14H2,1H3,(H,29,30). The van der Waals surface area contributed by atoms with Gasteiger partial charge in [0.2, 0.25) is 0 Å². The van der Waals surface area contributed by atoms with Crippen LogP contribution in [-0.2, 0) is 11.4 Å². The number of benzene rings is 3. The van der Waals surface area contributed by atoms with Gasteiger partial charge in [-0.3, -0.25) is 4.79 Å². The number of carbonyl (C=O) groups excluding carboxylic acids is 1. The van der Waals surface area contributed by atoms with Crippen LogP contribution in [0.4, 0.5) is 5.69 Å². The normalized spacial score (nSPS) is 11.0. The zero-order valence-corrected chi connectivity index (χ0v) is 21.5. The fourth-order valence-electron chi connectivity index (χ4n) is 2.69. The van der Waals surface area contributed by atoms with Crippen molar-refractivity contribution in [2.75, 3.05) is 5.32 Å². The van der Waals surface area contributed by atoms with Crippen LogP contribution in [0.2, 0.25) is 5.02 Å². The Morgan fingerprint density at radius 2 is 1.71 bits per heavy atom. The molecule has 0 saturated carbocycles. The predicted octanol–water partition coefficient (Wildman–Crippen LogP) is 6.98. The number of rotatable bonds is 6. The second-order valence-electron chi connectivity index (χ2n) is 6.72. The summed E-state index contributed by atoms with van der Waals surface area (Å²) >= 11 is 10.3. The second-order valence-corrected chi connectivity index (χ2v) is 9.48. The highest BCUT2D eigenvalue weighted by molar-refractivity contribution is 14.1. The first-order valence-electron chi connectivity index (χ1n) is 9.22. The summed E-state index contributed by atoms with van der Waals surface area (Å²) in [5.74, 6) is 0.315. The molecular weight excluding hydrogens is 638 g/mol. The van der Waals surface area contributed by atoms with Gasteiger partial charge in [-0.25, -0.2) is 0 Å². The fourth-order valence-corrected chi connectivity index (χ4v) is 4.94. The Morgan fingerprint density at radius 3 is 2.29 bits per heavy atom. The van der Waals surface area contributed by atoms with E-state index >= 15 is 0 Å². The minimum atomic E-state index is -0.445. The Hall–Kier alpha value is -2.09. The minimum absolute atomic E-state index is 0.0296. The maximum Gasteiger partial charge on any atom is 0.266 e. The smallest absolute Gasteiger partial charge is 0.266 e. The molecule has 0 aliphatic rings. The van der Waals surface area contributed by atoms with E-state index < -0.39 is 5.91 Å². The Balaban J connectivity index is 1.76. The van der Waals surface area contributed by atoms with Crippen molar-refractivity contribution in [3.8, 4) is 11.8 Å². The lowest BCUT2D eigenvalue weighted by Crippen LogP contribution is -2.13. The van der Waals surface area contributed by atoms with Crippen molar-refractivity contribution in [1.82, 2.24) is 0 Å². The van der Waals surface area contributed by atoms with E-state index in [-0.39, 0.29) is 5.57 Å². The molecule has 3 rings (SSSR count). The van der Waals surface area contributed by atoms with Crippen molar-refractivity contribution in [3.63, 3.8) is 0 Å². The van der Waals surface area contributed by atoms with E-state index in [4.69, 9.17) is 16.3 Å². The molecule has 156 valence electrons. The van der Waals surface area contributed by atoms with E-state index in [2.05, 4.69) is 50.5 Å². The quantitative estimate of drug-likeness (QED) is 0.177. The number of halogens is 3. The number of hydrogen-bond acceptors (Lipinski definition) is 3. The van der Waals surface area contributed by atoms with Crippen molar-refractivity contribution in [3.05, 3.63) is 95.1 Å². The van der Waals surface area contributed by atoms with Crippen LogP contribution < -0.4 is 10.1 Å². The van der Waals surface area contributed by atoms with Crippen molar-refractivity contribution < 1.29 is 9.53 Å². The summed E-state index contributed by atoms with van der Waals surface area (Å²) in [6.07, 6.45) is 1.58. The molecule has 0 aliphatic heterocycles. The van der Waals surface area contributed by atoms with Crippen LogP contribution in [0.15, 0.2) is 66.2 Å². The molecule has 0 aliphatic carbocycles. The molecule has 4 nitrogen and oxygen atoms in total. The molecule has 0 heterocycles. The summed E-state index contributed by atoms with van der Waals surface area (Å²) < 4.78 is 7.77. The lowest BCUT2D eigenvalue weighted by atomic mass is 10.1. The van der Waals surface area contributed by atoms with Gasteiger partial charge in [-0.1, -0.05) is 41.4 Å². The van der Waals surface area contributed by atoms with Crippen LogP contribution in [0.25, 0.3) is 6.08 Å². The SMILES string of the molecule is Cc1ccc(NC(=O)C(C#N)=Cc2cc(I)c(OCc3ccc(Cl)cc3)c(I)c2)cc1. The van der Waals surface area contributed by atoms with Crippen LogP contribution in [0.5, 0.6) is 5.75 Å². The zero-order chi connectivity index (χ0) is 22.4. The van der Waals surface area contributed by atoms with Crippen molar-refractivity contribution in [2.45, 2.75) is 13.5 Å². The topological polar surface area (TPSA) is 62.1 Å². The molecule has 0 unspecified atom stereocenters. The van der Waals surface area contributed by atoms with Crippen molar-refractivity contribution in [1.29, 1.82) is 5.26 Å². The summed E-state index contributed by atoms with van der Waals surface area (Å²) in [4.78, 5) is 12.5. The van der Waals surface area contributed by atoms with Crippen LogP contribution in [0.1, 0.15) is 16.7 Å². The third-order valence-corrected chi connectivity index (χ3v) is 6.16. The van der Waals surface area contributed by atoms with Gasteiger partial charge in [0.05, 0.1) is 7.14 Å². The molecule has 0 fully saturated rings. The zero-order valence-electron chi connectivity index (χ0n) is 16.5. The van der Waals surface area contributed by atoms with Crippen LogP contribution >= 0.6 is 56.8 Å². The van der Waals surface area contributed by atoms with E-state index in [0.29, 0.717) is 17.3 Å². The predicted molar refractivity (Wildman–Crippen MR) is 141 cm³/mol. The Bertz CT molecular complexity index is 1140. The maximum atomic E-state index is 12.5. The molecule has 0 bridgehead atoms. The van der Waals surface area contributed by atoms with Gasteiger partial charge in [-0.05, 0) is 106 Å². The lowest BCUT2D eigenvalue weighted by molar-refractivity contribution is -0.112. The highest BCUT2D eigenvalue weighted by Gasteiger charge is 2.13. The van der Waals surface area contributed by atoms with Gasteiger partial charge in [0.25, 0.3) is 5.91 Å². The van der Waals surface area contributed by atoms with E-state index in [1.807, 2.05) is 61.5 Å². The number of nitrogens with zero attached hydrogens (tertiary/aromatic N) is 1. The molecule has 0 atom stereocenters. The summed E-state index contributed by atoms with van der Waals surface area (Å²) in [6.45, 7) is 2.39. The van der Waals surface area contributed by atoms with Gasteiger partial charge in [-0.15, -0.1) is 0 Å². The van der Waals surface area contributed by atoms with Gasteiger partial charge in [0.1, 0.15) is 24.0 Å². The Morgan fingerprint density at radius 1 is 1.10 bits per heavy atom.